The summed E-state index contributed by atoms with van der Waals surface area (Å²) < 4.78 is 7.60. The third-order valence-electron chi connectivity index (χ3n) is 12.9. The molecule has 4 heteroatoms. The van der Waals surface area contributed by atoms with E-state index in [9.17, 15) is 0 Å². The maximum atomic E-state index is 2.49. The van der Waals surface area contributed by atoms with E-state index < -0.39 is 0 Å². The summed E-state index contributed by atoms with van der Waals surface area (Å²) in [5, 5.41) is 18.1. The lowest BCUT2D eigenvalue weighted by atomic mass is 10.00. The normalized spacial score (nSPS) is 12.3. The first-order chi connectivity index (χ1) is 29.7. The van der Waals surface area contributed by atoms with Crippen LogP contribution >= 0.6 is 22.7 Å². The summed E-state index contributed by atoms with van der Waals surface area (Å²) in [4.78, 5) is 2.57. The molecule has 10 aromatic carbocycles. The number of nitrogens with zero attached hydrogens (tertiary/aromatic N) is 2. The Labute approximate surface area is 352 Å². The molecule has 4 aromatic heterocycles. The first-order valence-corrected chi connectivity index (χ1v) is 22.1. The Balaban J connectivity index is 0.982. The molecule has 4 heterocycles. The van der Waals surface area contributed by atoms with E-state index in [-0.39, 0.29) is 0 Å². The van der Waals surface area contributed by atoms with Crippen molar-refractivity contribution < 1.29 is 0 Å². The fourth-order valence-electron chi connectivity index (χ4n) is 10.1. The van der Waals surface area contributed by atoms with Gasteiger partial charge in [0.2, 0.25) is 0 Å². The highest BCUT2D eigenvalue weighted by atomic mass is 32.1. The van der Waals surface area contributed by atoms with E-state index in [0.717, 1.165) is 0 Å². The summed E-state index contributed by atoms with van der Waals surface area (Å²) >= 11 is 3.77. The maximum Gasteiger partial charge on any atom is 0.109 e. The molecular weight excluding hydrogens is 765 g/mol. The quantitative estimate of drug-likeness (QED) is 0.158. The molecule has 0 N–H and O–H groups in total. The van der Waals surface area contributed by atoms with Gasteiger partial charge in [-0.15, -0.1) is 22.7 Å². The zero-order chi connectivity index (χ0) is 39.1. The van der Waals surface area contributed by atoms with Crippen LogP contribution in [0.4, 0.5) is 0 Å². The molecule has 0 radical (unpaired) electrons. The van der Waals surface area contributed by atoms with Crippen LogP contribution in [0.1, 0.15) is 0 Å². The molecule has 0 amide bonds. The number of benzene rings is 10. The lowest BCUT2D eigenvalue weighted by molar-refractivity contribution is 1.20. The highest BCUT2D eigenvalue weighted by Gasteiger charge is 2.21. The van der Waals surface area contributed by atoms with Crippen molar-refractivity contribution in [1.29, 1.82) is 0 Å². The van der Waals surface area contributed by atoms with Gasteiger partial charge in [0.25, 0.3) is 0 Å². The van der Waals surface area contributed by atoms with Crippen LogP contribution < -0.4 is 0 Å². The van der Waals surface area contributed by atoms with Crippen LogP contribution in [0.5, 0.6) is 0 Å². The predicted octanol–water partition coefficient (Wildman–Crippen LogP) is 16.6. The fourth-order valence-corrected chi connectivity index (χ4v) is 12.6. The third kappa shape index (κ3) is 4.52. The Morgan fingerprint density at radius 2 is 0.683 bits per heavy atom. The van der Waals surface area contributed by atoms with Gasteiger partial charge in [-0.2, -0.15) is 0 Å². The highest BCUT2D eigenvalue weighted by molar-refractivity contribution is 7.26. The number of fused-ring (bicyclic) bond motifs is 16. The zero-order valence-electron chi connectivity index (χ0n) is 32.2. The Morgan fingerprint density at radius 1 is 0.283 bits per heavy atom. The molecule has 0 aliphatic heterocycles. The Hall–Kier alpha value is -7.24. The Bertz CT molecular complexity index is 3870. The van der Waals surface area contributed by atoms with Gasteiger partial charge in [-0.3, -0.25) is 0 Å². The van der Waals surface area contributed by atoms with Crippen molar-refractivity contribution >= 4 is 128 Å². The molecule has 0 saturated heterocycles. The van der Waals surface area contributed by atoms with Crippen molar-refractivity contribution in [3.05, 3.63) is 194 Å². The highest BCUT2D eigenvalue weighted by Crippen LogP contribution is 2.46. The average molecular weight is 797 g/mol. The number of hydrogen-bond donors (Lipinski definition) is 0. The summed E-state index contributed by atoms with van der Waals surface area (Å²) in [6.45, 7) is 0. The van der Waals surface area contributed by atoms with Crippen LogP contribution in [0, 0.1) is 0 Å². The standard InChI is InChI=1S/C56H32N2S2/c1-3-11-41-33(9-1)17-19-37-29-39(23-25-43(37)41)57-49-27-21-35(31-47(49)53-45-13-5-7-15-51(45)59-55(53)57)36-22-28-50-48(32-36)54-46-14-6-8-16-52(46)60-56(54)58(50)40-24-26-44-38(30-40)20-18-34-10-2-4-12-42(34)44/h1-32H. The number of rotatable bonds is 3. The molecule has 0 spiro atoms. The molecule has 0 bridgehead atoms. The van der Waals surface area contributed by atoms with Gasteiger partial charge in [-0.05, 0) is 115 Å². The van der Waals surface area contributed by atoms with Crippen molar-refractivity contribution in [3.8, 4) is 22.5 Å². The Kier molecular flexibility index (Phi) is 6.62. The lowest BCUT2D eigenvalue weighted by Crippen LogP contribution is -1.93. The summed E-state index contributed by atoms with van der Waals surface area (Å²) in [6.07, 6.45) is 0. The van der Waals surface area contributed by atoms with Crippen LogP contribution in [0.25, 0.3) is 128 Å². The summed E-state index contributed by atoms with van der Waals surface area (Å²) in [7, 11) is 0. The number of aromatic nitrogens is 2. The second-order valence-corrected chi connectivity index (χ2v) is 18.1. The van der Waals surface area contributed by atoms with Gasteiger partial charge in [0, 0.05) is 53.1 Å². The van der Waals surface area contributed by atoms with Gasteiger partial charge in [-0.25, -0.2) is 0 Å². The molecule has 14 aromatic rings. The van der Waals surface area contributed by atoms with Crippen molar-refractivity contribution in [3.63, 3.8) is 0 Å². The largest absolute Gasteiger partial charge is 0.301 e. The van der Waals surface area contributed by atoms with E-state index in [4.69, 9.17) is 0 Å². The van der Waals surface area contributed by atoms with E-state index in [1.807, 2.05) is 22.7 Å². The molecule has 0 aliphatic carbocycles. The smallest absolute Gasteiger partial charge is 0.109 e. The number of hydrogen-bond acceptors (Lipinski definition) is 2. The molecule has 278 valence electrons. The van der Waals surface area contributed by atoms with E-state index >= 15 is 0 Å². The van der Waals surface area contributed by atoms with E-state index in [1.165, 1.54) is 128 Å². The topological polar surface area (TPSA) is 9.86 Å². The summed E-state index contributed by atoms with van der Waals surface area (Å²) in [6, 6.07) is 72.4. The number of thiophene rings is 2. The summed E-state index contributed by atoms with van der Waals surface area (Å²) in [5.74, 6) is 0. The van der Waals surface area contributed by atoms with Crippen LogP contribution in [0.15, 0.2) is 194 Å². The molecule has 0 aliphatic rings. The monoisotopic (exact) mass is 796 g/mol. The first kappa shape index (κ1) is 32.7. The SMILES string of the molecule is c1ccc2c(c1)ccc1cc(-n3c4ccc(-c5ccc6c(c5)c5c7ccccc7sc5n6-c5ccc6c(ccc7ccccc76)c5)cc4c4c5ccccc5sc43)ccc12. The van der Waals surface area contributed by atoms with E-state index in [1.54, 1.807) is 0 Å². The molecule has 0 saturated carbocycles. The van der Waals surface area contributed by atoms with Gasteiger partial charge in [0.05, 0.1) is 11.0 Å². The first-order valence-electron chi connectivity index (χ1n) is 20.5. The van der Waals surface area contributed by atoms with E-state index in [2.05, 4.69) is 203 Å². The average Bonchev–Trinajstić information content (AvgIpc) is 4.04. The Morgan fingerprint density at radius 3 is 1.17 bits per heavy atom. The fraction of sp³-hybridized carbons (Fsp3) is 0. The maximum absolute atomic E-state index is 2.49. The minimum Gasteiger partial charge on any atom is -0.301 e. The molecule has 2 nitrogen and oxygen atoms in total. The minimum atomic E-state index is 1.19. The lowest BCUT2D eigenvalue weighted by Gasteiger charge is -2.11. The van der Waals surface area contributed by atoms with Crippen LogP contribution in [0.3, 0.4) is 0 Å². The molecule has 0 fully saturated rings. The van der Waals surface area contributed by atoms with Gasteiger partial charge < -0.3 is 9.13 Å². The van der Waals surface area contributed by atoms with Gasteiger partial charge in [0.1, 0.15) is 9.66 Å². The van der Waals surface area contributed by atoms with Gasteiger partial charge >= 0.3 is 0 Å². The zero-order valence-corrected chi connectivity index (χ0v) is 33.8. The van der Waals surface area contributed by atoms with E-state index in [0.29, 0.717) is 0 Å². The van der Waals surface area contributed by atoms with Gasteiger partial charge in [0.15, 0.2) is 0 Å². The van der Waals surface area contributed by atoms with Crippen LogP contribution in [-0.2, 0) is 0 Å². The van der Waals surface area contributed by atoms with Crippen molar-refractivity contribution in [2.75, 3.05) is 0 Å². The second-order valence-electron chi connectivity index (χ2n) is 16.1. The molecule has 60 heavy (non-hydrogen) atoms. The van der Waals surface area contributed by atoms with Crippen molar-refractivity contribution in [2.24, 2.45) is 0 Å². The second kappa shape index (κ2) is 12.2. The van der Waals surface area contributed by atoms with Crippen LogP contribution in [-0.4, -0.2) is 9.13 Å². The van der Waals surface area contributed by atoms with Crippen LogP contribution in [0.2, 0.25) is 0 Å². The molecule has 0 atom stereocenters. The van der Waals surface area contributed by atoms with Crippen molar-refractivity contribution in [1.82, 2.24) is 9.13 Å². The van der Waals surface area contributed by atoms with Crippen molar-refractivity contribution in [2.45, 2.75) is 0 Å². The molecule has 14 rings (SSSR count). The third-order valence-corrected chi connectivity index (χ3v) is 15.2. The predicted molar refractivity (Wildman–Crippen MR) is 261 cm³/mol. The molecular formula is C56H32N2S2. The molecule has 0 unspecified atom stereocenters. The van der Waals surface area contributed by atoms with Gasteiger partial charge in [-0.1, -0.05) is 133 Å². The minimum absolute atomic E-state index is 1.19. The summed E-state index contributed by atoms with van der Waals surface area (Å²) in [5.41, 5.74) is 7.28.